The third-order valence-electron chi connectivity index (χ3n) is 3.16. The van der Waals surface area contributed by atoms with Gasteiger partial charge < -0.3 is 16.4 Å². The van der Waals surface area contributed by atoms with Gasteiger partial charge in [-0.1, -0.05) is 12.2 Å². The van der Waals surface area contributed by atoms with Crippen molar-refractivity contribution in [3.63, 3.8) is 0 Å². The van der Waals surface area contributed by atoms with E-state index in [4.69, 9.17) is 18.0 Å². The van der Waals surface area contributed by atoms with Crippen LogP contribution in [-0.2, 0) is 6.18 Å². The zero-order chi connectivity index (χ0) is 15.6. The van der Waals surface area contributed by atoms with Crippen LogP contribution < -0.4 is 16.4 Å². The van der Waals surface area contributed by atoms with Crippen molar-refractivity contribution in [1.29, 1.82) is 0 Å². The molecule has 0 heterocycles. The normalized spacial score (nSPS) is 16.1. The average molecular weight is 317 g/mol. The quantitative estimate of drug-likeness (QED) is 0.748. The van der Waals surface area contributed by atoms with Crippen LogP contribution in [0.2, 0.25) is 0 Å². The summed E-state index contributed by atoms with van der Waals surface area (Å²) < 4.78 is 37.2. The number of urea groups is 1. The summed E-state index contributed by atoms with van der Waals surface area (Å²) in [6.07, 6.45) is -2.51. The Labute approximate surface area is 124 Å². The lowest BCUT2D eigenvalue weighted by Crippen LogP contribution is -2.46. The smallest absolute Gasteiger partial charge is 0.392 e. The second kappa shape index (κ2) is 5.88. The van der Waals surface area contributed by atoms with Gasteiger partial charge in [-0.05, 0) is 43.0 Å². The number of nitrogens with one attached hydrogen (secondary N) is 2. The molecule has 0 saturated heterocycles. The van der Waals surface area contributed by atoms with Crippen molar-refractivity contribution in [2.24, 2.45) is 11.7 Å². The molecule has 1 aromatic carbocycles. The van der Waals surface area contributed by atoms with Gasteiger partial charge in [0, 0.05) is 5.69 Å². The number of rotatable bonds is 4. The largest absolute Gasteiger partial charge is 0.416 e. The Hall–Kier alpha value is -1.83. The van der Waals surface area contributed by atoms with E-state index < -0.39 is 17.8 Å². The van der Waals surface area contributed by atoms with Crippen LogP contribution in [0.25, 0.3) is 0 Å². The highest BCUT2D eigenvalue weighted by atomic mass is 32.1. The van der Waals surface area contributed by atoms with Crippen LogP contribution in [0.15, 0.2) is 24.3 Å². The van der Waals surface area contributed by atoms with Crippen LogP contribution in [-0.4, -0.2) is 17.1 Å². The number of carbonyl (C=O) groups is 1. The Morgan fingerprint density at radius 2 is 1.86 bits per heavy atom. The molecule has 0 spiro atoms. The molecule has 4 nitrogen and oxygen atoms in total. The molecule has 1 saturated carbocycles. The van der Waals surface area contributed by atoms with E-state index in [0.717, 1.165) is 25.0 Å². The van der Waals surface area contributed by atoms with E-state index in [2.05, 4.69) is 10.6 Å². The molecule has 114 valence electrons. The molecule has 1 unspecified atom stereocenters. The molecule has 1 atom stereocenters. The minimum Gasteiger partial charge on any atom is -0.392 e. The van der Waals surface area contributed by atoms with Crippen LogP contribution in [0.4, 0.5) is 23.7 Å². The third kappa shape index (κ3) is 4.32. The lowest BCUT2D eigenvalue weighted by Gasteiger charge is -2.17. The van der Waals surface area contributed by atoms with Gasteiger partial charge in [0.15, 0.2) is 0 Å². The van der Waals surface area contributed by atoms with Crippen molar-refractivity contribution >= 4 is 28.9 Å². The molecule has 0 bridgehead atoms. The maximum absolute atomic E-state index is 12.4. The van der Waals surface area contributed by atoms with Gasteiger partial charge in [-0.25, -0.2) is 4.79 Å². The number of anilines is 1. The minimum absolute atomic E-state index is 0.208. The predicted molar refractivity (Wildman–Crippen MR) is 76.9 cm³/mol. The van der Waals surface area contributed by atoms with Crippen molar-refractivity contribution in [2.75, 3.05) is 5.32 Å². The van der Waals surface area contributed by atoms with Crippen molar-refractivity contribution in [3.8, 4) is 0 Å². The fourth-order valence-corrected chi connectivity index (χ4v) is 2.15. The Morgan fingerprint density at radius 1 is 1.29 bits per heavy atom. The first kappa shape index (κ1) is 15.6. The highest BCUT2D eigenvalue weighted by Crippen LogP contribution is 2.33. The van der Waals surface area contributed by atoms with Gasteiger partial charge in [-0.15, -0.1) is 0 Å². The number of alkyl halides is 3. The highest BCUT2D eigenvalue weighted by Gasteiger charge is 2.34. The second-order valence-electron chi connectivity index (χ2n) is 4.89. The van der Waals surface area contributed by atoms with Gasteiger partial charge in [0.2, 0.25) is 0 Å². The second-order valence-corrected chi connectivity index (χ2v) is 5.36. The average Bonchev–Trinajstić information content (AvgIpc) is 3.19. The van der Waals surface area contributed by atoms with Crippen LogP contribution in [0, 0.1) is 5.92 Å². The number of hydrogen-bond donors (Lipinski definition) is 3. The zero-order valence-corrected chi connectivity index (χ0v) is 11.7. The van der Waals surface area contributed by atoms with E-state index in [1.165, 1.54) is 12.1 Å². The van der Waals surface area contributed by atoms with E-state index in [0.29, 0.717) is 0 Å². The molecule has 0 aromatic heterocycles. The van der Waals surface area contributed by atoms with E-state index in [9.17, 15) is 18.0 Å². The molecular weight excluding hydrogens is 303 g/mol. The van der Waals surface area contributed by atoms with E-state index in [-0.39, 0.29) is 22.6 Å². The summed E-state index contributed by atoms with van der Waals surface area (Å²) in [4.78, 5) is 12.0. The van der Waals surface area contributed by atoms with Crippen LogP contribution in [0.1, 0.15) is 18.4 Å². The Bertz CT molecular complexity index is 541. The molecule has 21 heavy (non-hydrogen) atoms. The third-order valence-corrected chi connectivity index (χ3v) is 3.41. The number of halogens is 3. The van der Waals surface area contributed by atoms with E-state index in [1.807, 2.05) is 0 Å². The van der Waals surface area contributed by atoms with Gasteiger partial charge in [-0.2, -0.15) is 13.2 Å². The predicted octanol–water partition coefficient (Wildman–Crippen LogP) is 2.89. The fraction of sp³-hybridized carbons (Fsp3) is 0.385. The van der Waals surface area contributed by atoms with Crippen LogP contribution in [0.5, 0.6) is 0 Å². The maximum atomic E-state index is 12.4. The number of amides is 2. The molecular formula is C13H14F3N3OS. The number of thiocarbonyl (C=S) groups is 1. The number of carbonyl (C=O) groups excluding carboxylic acids is 1. The van der Waals surface area contributed by atoms with Gasteiger partial charge in [0.1, 0.15) is 0 Å². The van der Waals surface area contributed by atoms with Crippen LogP contribution >= 0.6 is 12.2 Å². The minimum atomic E-state index is -4.40. The summed E-state index contributed by atoms with van der Waals surface area (Å²) in [5.74, 6) is 0.251. The molecule has 1 aliphatic rings. The molecule has 0 radical (unpaired) electrons. The molecule has 1 aromatic rings. The molecule has 4 N–H and O–H groups in total. The highest BCUT2D eigenvalue weighted by molar-refractivity contribution is 7.80. The Balaban J connectivity index is 1.94. The lowest BCUT2D eigenvalue weighted by atomic mass is 10.2. The SMILES string of the molecule is NC(=S)C(NC(=O)Nc1ccc(C(F)(F)F)cc1)C1CC1. The van der Waals surface area contributed by atoms with Crippen molar-refractivity contribution in [3.05, 3.63) is 29.8 Å². The summed E-state index contributed by atoms with van der Waals surface area (Å²) >= 11 is 4.88. The molecule has 1 aliphatic carbocycles. The number of hydrogen-bond acceptors (Lipinski definition) is 2. The molecule has 1 fully saturated rings. The monoisotopic (exact) mass is 317 g/mol. The summed E-state index contributed by atoms with van der Waals surface area (Å²) in [5.41, 5.74) is 5.04. The molecule has 8 heteroatoms. The zero-order valence-electron chi connectivity index (χ0n) is 10.9. The summed E-state index contributed by atoms with van der Waals surface area (Å²) in [5, 5.41) is 5.09. The molecule has 2 amide bonds. The summed E-state index contributed by atoms with van der Waals surface area (Å²) in [6.45, 7) is 0. The van der Waals surface area contributed by atoms with Gasteiger partial charge in [0.25, 0.3) is 0 Å². The topological polar surface area (TPSA) is 67.1 Å². The summed E-state index contributed by atoms with van der Waals surface area (Å²) in [6, 6.07) is 3.27. The Kier molecular flexibility index (Phi) is 4.36. The lowest BCUT2D eigenvalue weighted by molar-refractivity contribution is -0.137. The van der Waals surface area contributed by atoms with Crippen molar-refractivity contribution in [1.82, 2.24) is 5.32 Å². The van der Waals surface area contributed by atoms with Gasteiger partial charge in [-0.3, -0.25) is 0 Å². The van der Waals surface area contributed by atoms with Crippen molar-refractivity contribution < 1.29 is 18.0 Å². The van der Waals surface area contributed by atoms with Gasteiger partial charge >= 0.3 is 12.2 Å². The van der Waals surface area contributed by atoms with E-state index >= 15 is 0 Å². The maximum Gasteiger partial charge on any atom is 0.416 e. The van der Waals surface area contributed by atoms with Gasteiger partial charge in [0.05, 0.1) is 16.6 Å². The fourth-order valence-electron chi connectivity index (χ4n) is 1.90. The Morgan fingerprint density at radius 3 is 2.29 bits per heavy atom. The first-order valence-corrected chi connectivity index (χ1v) is 6.72. The summed E-state index contributed by atoms with van der Waals surface area (Å²) in [7, 11) is 0. The van der Waals surface area contributed by atoms with Crippen molar-refractivity contribution in [2.45, 2.75) is 25.1 Å². The standard InChI is InChI=1S/C13H14F3N3OS/c14-13(15,16)8-3-5-9(6-4-8)18-12(20)19-10(11(17)21)7-1-2-7/h3-7,10H,1-2H2,(H2,17,21)(H2,18,19,20). The first-order valence-electron chi connectivity index (χ1n) is 6.31. The molecule has 2 rings (SSSR count). The number of nitrogens with two attached hydrogens (primary N) is 1. The first-order chi connectivity index (χ1) is 9.77. The van der Waals surface area contributed by atoms with Crippen LogP contribution in [0.3, 0.4) is 0 Å². The number of benzene rings is 1. The molecule has 0 aliphatic heterocycles. The van der Waals surface area contributed by atoms with E-state index in [1.54, 1.807) is 0 Å².